The van der Waals surface area contributed by atoms with E-state index in [1.165, 1.54) is 0 Å². The van der Waals surface area contributed by atoms with E-state index in [2.05, 4.69) is 10.6 Å². The van der Waals surface area contributed by atoms with E-state index in [-0.39, 0.29) is 34.5 Å². The number of ketones is 2. The van der Waals surface area contributed by atoms with E-state index in [0.717, 1.165) is 22.5 Å². The molecule has 0 aliphatic carbocycles. The largest absolute Gasteiger partial charge is 0.358 e. The van der Waals surface area contributed by atoms with Crippen LogP contribution in [0, 0.1) is 0 Å². The van der Waals surface area contributed by atoms with Gasteiger partial charge < -0.3 is 20.4 Å². The Labute approximate surface area is 268 Å². The van der Waals surface area contributed by atoms with Gasteiger partial charge in [0, 0.05) is 47.0 Å². The third-order valence-electron chi connectivity index (χ3n) is 8.40. The number of anilines is 4. The summed E-state index contributed by atoms with van der Waals surface area (Å²) in [7, 11) is 0. The van der Waals surface area contributed by atoms with Crippen molar-refractivity contribution in [2.75, 3.05) is 33.5 Å². The van der Waals surface area contributed by atoms with Crippen LogP contribution in [0.4, 0.5) is 22.7 Å². The van der Waals surface area contributed by atoms with Crippen molar-refractivity contribution in [3.63, 3.8) is 0 Å². The number of nitrogens with one attached hydrogen (secondary N) is 2. The zero-order valence-corrected chi connectivity index (χ0v) is 26.2. The predicted molar refractivity (Wildman–Crippen MR) is 182 cm³/mol. The molecule has 0 atom stereocenters. The molecular weight excluding hydrogens is 576 g/mol. The van der Waals surface area contributed by atoms with Gasteiger partial charge in [-0.1, -0.05) is 48.5 Å². The molecule has 2 aliphatic rings. The number of rotatable bonds is 7. The molecule has 2 N–H and O–H groups in total. The van der Waals surface area contributed by atoms with Crippen molar-refractivity contribution in [3.8, 4) is 11.1 Å². The molecule has 0 saturated heterocycles. The summed E-state index contributed by atoms with van der Waals surface area (Å²) in [6.45, 7) is 8.20. The van der Waals surface area contributed by atoms with Crippen molar-refractivity contribution in [2.24, 2.45) is 0 Å². The molecule has 4 aromatic rings. The summed E-state index contributed by atoms with van der Waals surface area (Å²) in [5, 5.41) is 6.49. The van der Waals surface area contributed by atoms with Gasteiger partial charge in [0.1, 0.15) is 11.1 Å². The molecule has 0 spiro atoms. The highest BCUT2D eigenvalue weighted by atomic mass is 16.2. The quantitative estimate of drug-likeness (QED) is 0.169. The van der Waals surface area contributed by atoms with Gasteiger partial charge in [-0.2, -0.15) is 0 Å². The first kappa shape index (κ1) is 30.3. The number of para-hydroxylation sites is 2. The molecule has 2 heterocycles. The Balaban J connectivity index is 1.18. The first-order valence-corrected chi connectivity index (χ1v) is 15.3. The molecule has 230 valence electrons. The molecule has 4 aromatic carbocycles. The molecule has 0 bridgehead atoms. The van der Waals surface area contributed by atoms with E-state index in [1.54, 1.807) is 60.0 Å². The lowest BCUT2D eigenvalue weighted by molar-refractivity contribution is -0.115. The highest BCUT2D eigenvalue weighted by Crippen LogP contribution is 2.34. The van der Waals surface area contributed by atoms with E-state index in [4.69, 9.17) is 0 Å². The number of allylic oxidation sites excluding steroid dienone is 2. The van der Waals surface area contributed by atoms with E-state index >= 15 is 0 Å². The van der Waals surface area contributed by atoms with Crippen LogP contribution in [-0.2, 0) is 9.59 Å². The van der Waals surface area contributed by atoms with Gasteiger partial charge in [-0.15, -0.1) is 0 Å². The van der Waals surface area contributed by atoms with Gasteiger partial charge in [0.15, 0.2) is 0 Å². The van der Waals surface area contributed by atoms with E-state index in [9.17, 15) is 19.2 Å². The van der Waals surface area contributed by atoms with E-state index < -0.39 is 0 Å². The Morgan fingerprint density at radius 1 is 0.522 bits per heavy atom. The molecule has 0 unspecified atom stereocenters. The summed E-state index contributed by atoms with van der Waals surface area (Å²) in [6, 6.07) is 29.8. The number of amides is 2. The second-order valence-corrected chi connectivity index (χ2v) is 11.2. The minimum atomic E-state index is -0.308. The van der Waals surface area contributed by atoms with Gasteiger partial charge in [-0.25, -0.2) is 0 Å². The number of fused-ring (bicyclic) bond motifs is 2. The van der Waals surface area contributed by atoms with Gasteiger partial charge >= 0.3 is 0 Å². The molecule has 2 amide bonds. The molecule has 8 heteroatoms. The van der Waals surface area contributed by atoms with Gasteiger partial charge in [0.25, 0.3) is 11.8 Å². The van der Waals surface area contributed by atoms with Crippen LogP contribution in [0.25, 0.3) is 11.1 Å². The second-order valence-electron chi connectivity index (χ2n) is 11.2. The van der Waals surface area contributed by atoms with Gasteiger partial charge in [-0.05, 0) is 87.4 Å². The fourth-order valence-corrected chi connectivity index (χ4v) is 6.09. The minimum Gasteiger partial charge on any atom is -0.358 e. The smallest absolute Gasteiger partial charge is 0.264 e. The lowest BCUT2D eigenvalue weighted by atomic mass is 9.93. The number of hydrogen-bond donors (Lipinski definition) is 2. The summed E-state index contributed by atoms with van der Waals surface area (Å²) in [6.07, 6.45) is 0. The van der Waals surface area contributed by atoms with Crippen molar-refractivity contribution in [3.05, 3.63) is 131 Å². The molecule has 2 aliphatic heterocycles. The molecule has 0 radical (unpaired) electrons. The minimum absolute atomic E-state index is 0.140. The lowest BCUT2D eigenvalue weighted by Crippen LogP contribution is -2.40. The summed E-state index contributed by atoms with van der Waals surface area (Å²) in [5.74, 6) is -1.18. The van der Waals surface area contributed by atoms with Crippen LogP contribution >= 0.6 is 0 Å². The molecule has 46 heavy (non-hydrogen) atoms. The van der Waals surface area contributed by atoms with Crippen LogP contribution in [0.1, 0.15) is 48.4 Å². The van der Waals surface area contributed by atoms with Crippen molar-refractivity contribution < 1.29 is 19.2 Å². The monoisotopic (exact) mass is 610 g/mol. The summed E-state index contributed by atoms with van der Waals surface area (Å²) < 4.78 is 0. The standard InChI is InChI=1S/C38H34N4O4/c1-5-41-31-13-9-7-11-29(31)35(43)33(37(41)45)23(3)39-27-19-15-25(16-20-27)26-17-21-28(22-18-26)40-24(4)34-36(44)30-12-8-10-14-32(30)42(6-2)38(34)46/h7-22,39-40H,5-6H2,1-4H3. The average Bonchev–Trinajstić information content (AvgIpc) is 3.06. The first-order chi connectivity index (χ1) is 22.2. The zero-order chi connectivity index (χ0) is 32.5. The highest BCUT2D eigenvalue weighted by Gasteiger charge is 2.36. The normalized spacial score (nSPS) is 16.6. The highest BCUT2D eigenvalue weighted by molar-refractivity contribution is 6.36. The maximum atomic E-state index is 13.3. The van der Waals surface area contributed by atoms with E-state index in [0.29, 0.717) is 47.0 Å². The molecule has 0 aromatic heterocycles. The Bertz CT molecular complexity index is 1810. The number of Topliss-reactive ketones (excluding diaryl/α,β-unsaturated/α-hetero) is 2. The van der Waals surface area contributed by atoms with Crippen LogP contribution in [0.15, 0.2) is 120 Å². The van der Waals surface area contributed by atoms with Crippen molar-refractivity contribution in [1.29, 1.82) is 0 Å². The van der Waals surface area contributed by atoms with Crippen molar-refractivity contribution in [1.82, 2.24) is 0 Å². The number of carbonyl (C=O) groups is 4. The SMILES string of the molecule is CCN1C(=O)C(=C(C)Nc2ccc(-c3ccc(NC(C)=C4C(=O)c5ccccc5N(CC)C4=O)cc3)cc2)C(=O)c2ccccc21. The Kier molecular flexibility index (Phi) is 8.11. The Morgan fingerprint density at radius 3 is 1.22 bits per heavy atom. The number of likely N-dealkylation sites (N-methyl/N-ethyl adjacent to an activating group) is 2. The number of carbonyl (C=O) groups excluding carboxylic acids is 4. The van der Waals surface area contributed by atoms with Gasteiger partial charge in [0.2, 0.25) is 11.6 Å². The molecule has 6 rings (SSSR count). The van der Waals surface area contributed by atoms with E-state index in [1.807, 2.05) is 74.5 Å². The van der Waals surface area contributed by atoms with Gasteiger partial charge in [0.05, 0.1) is 11.4 Å². The summed E-state index contributed by atoms with van der Waals surface area (Å²) in [5.41, 5.74) is 7.03. The summed E-state index contributed by atoms with van der Waals surface area (Å²) >= 11 is 0. The third-order valence-corrected chi connectivity index (χ3v) is 8.40. The van der Waals surface area contributed by atoms with Crippen LogP contribution in [-0.4, -0.2) is 36.5 Å². The maximum Gasteiger partial charge on any atom is 0.264 e. The number of hydrogen-bond acceptors (Lipinski definition) is 6. The topological polar surface area (TPSA) is 98.8 Å². The Morgan fingerprint density at radius 2 is 0.870 bits per heavy atom. The molecule has 0 saturated carbocycles. The van der Waals surface area contributed by atoms with Crippen molar-refractivity contribution >= 4 is 46.1 Å². The maximum absolute atomic E-state index is 13.3. The number of benzene rings is 4. The van der Waals surface area contributed by atoms with Crippen LogP contribution in [0.2, 0.25) is 0 Å². The van der Waals surface area contributed by atoms with Crippen LogP contribution < -0.4 is 20.4 Å². The molecule has 8 nitrogen and oxygen atoms in total. The zero-order valence-electron chi connectivity index (χ0n) is 26.2. The summed E-state index contributed by atoms with van der Waals surface area (Å²) in [4.78, 5) is 56.3. The lowest BCUT2D eigenvalue weighted by Gasteiger charge is -2.30. The predicted octanol–water partition coefficient (Wildman–Crippen LogP) is 7.22. The van der Waals surface area contributed by atoms with Crippen LogP contribution in [0.3, 0.4) is 0 Å². The van der Waals surface area contributed by atoms with Crippen LogP contribution in [0.5, 0.6) is 0 Å². The number of nitrogens with zero attached hydrogens (tertiary/aromatic N) is 2. The Hall–Kier alpha value is -5.76. The van der Waals surface area contributed by atoms with Gasteiger partial charge in [-0.3, -0.25) is 19.2 Å². The fourth-order valence-electron chi connectivity index (χ4n) is 6.09. The first-order valence-electron chi connectivity index (χ1n) is 15.3. The average molecular weight is 611 g/mol. The fraction of sp³-hybridized carbons (Fsp3) is 0.158. The van der Waals surface area contributed by atoms with Crippen molar-refractivity contribution in [2.45, 2.75) is 27.7 Å². The molecular formula is C38H34N4O4. The second kappa shape index (κ2) is 12.3. The third kappa shape index (κ3) is 5.28. The molecule has 0 fully saturated rings.